The van der Waals surface area contributed by atoms with Gasteiger partial charge in [-0.2, -0.15) is 0 Å². The van der Waals surface area contributed by atoms with Gasteiger partial charge in [-0.1, -0.05) is 30.0 Å². The standard InChI is InChI=1S/C21H23N3O2S2/c1-3-24-20(26)18-14-9-5-7-11-16(14)28-19(18)23-21(24)27-12-17(25)22-15-10-6-4-8-13(15)2/h4,6,8,10H,3,5,7,9,11-12H2,1-2H3,(H,22,25). The average molecular weight is 414 g/mol. The molecule has 7 heteroatoms. The van der Waals surface area contributed by atoms with E-state index < -0.39 is 0 Å². The lowest BCUT2D eigenvalue weighted by molar-refractivity contribution is -0.113. The average Bonchev–Trinajstić information content (AvgIpc) is 3.07. The summed E-state index contributed by atoms with van der Waals surface area (Å²) in [6.07, 6.45) is 4.34. The fraction of sp³-hybridized carbons (Fsp3) is 0.381. The van der Waals surface area contributed by atoms with E-state index in [1.807, 2.05) is 38.1 Å². The van der Waals surface area contributed by atoms with Crippen molar-refractivity contribution in [2.75, 3.05) is 11.1 Å². The van der Waals surface area contributed by atoms with E-state index in [-0.39, 0.29) is 17.2 Å². The van der Waals surface area contributed by atoms with Gasteiger partial charge in [-0.15, -0.1) is 11.3 Å². The summed E-state index contributed by atoms with van der Waals surface area (Å²) in [5.41, 5.74) is 3.08. The molecule has 146 valence electrons. The third-order valence-corrected chi connectivity index (χ3v) is 7.27. The lowest BCUT2D eigenvalue weighted by atomic mass is 9.97. The van der Waals surface area contributed by atoms with Gasteiger partial charge in [0, 0.05) is 17.1 Å². The maximum absolute atomic E-state index is 13.1. The molecule has 2 aromatic heterocycles. The molecule has 1 aromatic carbocycles. The molecule has 1 amide bonds. The topological polar surface area (TPSA) is 64.0 Å². The van der Waals surface area contributed by atoms with E-state index in [0.717, 1.165) is 40.7 Å². The minimum atomic E-state index is -0.0956. The number of carbonyl (C=O) groups excluding carboxylic acids is 1. The number of benzene rings is 1. The molecule has 0 atom stereocenters. The molecule has 1 aliphatic rings. The van der Waals surface area contributed by atoms with E-state index >= 15 is 0 Å². The molecular weight excluding hydrogens is 390 g/mol. The van der Waals surface area contributed by atoms with Gasteiger partial charge >= 0.3 is 0 Å². The molecule has 0 unspecified atom stereocenters. The predicted octanol–water partition coefficient (Wildman–Crippen LogP) is 4.40. The summed E-state index contributed by atoms with van der Waals surface area (Å²) in [7, 11) is 0. The maximum Gasteiger partial charge on any atom is 0.263 e. The van der Waals surface area contributed by atoms with Gasteiger partial charge in [0.25, 0.3) is 5.56 Å². The van der Waals surface area contributed by atoms with Crippen LogP contribution in [-0.2, 0) is 24.2 Å². The highest BCUT2D eigenvalue weighted by Gasteiger charge is 2.22. The molecule has 0 saturated carbocycles. The number of para-hydroxylation sites is 1. The van der Waals surface area contributed by atoms with Gasteiger partial charge in [0.2, 0.25) is 5.91 Å². The number of nitrogens with zero attached hydrogens (tertiary/aromatic N) is 2. The molecular formula is C21H23N3O2S2. The van der Waals surface area contributed by atoms with E-state index in [4.69, 9.17) is 4.98 Å². The number of thioether (sulfide) groups is 1. The molecule has 2 heterocycles. The quantitative estimate of drug-likeness (QED) is 0.497. The van der Waals surface area contributed by atoms with Crippen LogP contribution in [-0.4, -0.2) is 21.2 Å². The first-order valence-electron chi connectivity index (χ1n) is 9.62. The Morgan fingerprint density at radius 2 is 2.07 bits per heavy atom. The molecule has 3 aromatic rings. The van der Waals surface area contributed by atoms with Crippen molar-refractivity contribution in [2.24, 2.45) is 0 Å². The zero-order chi connectivity index (χ0) is 19.7. The Morgan fingerprint density at radius 3 is 2.86 bits per heavy atom. The first-order chi connectivity index (χ1) is 13.6. The molecule has 5 nitrogen and oxygen atoms in total. The zero-order valence-corrected chi connectivity index (χ0v) is 17.7. The van der Waals surface area contributed by atoms with Crippen LogP contribution in [0, 0.1) is 6.92 Å². The van der Waals surface area contributed by atoms with Crippen LogP contribution < -0.4 is 10.9 Å². The molecule has 1 aliphatic carbocycles. The van der Waals surface area contributed by atoms with Crippen molar-refractivity contribution >= 4 is 44.9 Å². The summed E-state index contributed by atoms with van der Waals surface area (Å²) in [5.74, 6) is 0.124. The molecule has 1 N–H and O–H groups in total. The highest BCUT2D eigenvalue weighted by molar-refractivity contribution is 7.99. The fourth-order valence-electron chi connectivity index (χ4n) is 3.64. The van der Waals surface area contributed by atoms with Crippen molar-refractivity contribution in [1.29, 1.82) is 0 Å². The molecule has 0 radical (unpaired) electrons. The van der Waals surface area contributed by atoms with Crippen LogP contribution in [0.4, 0.5) is 5.69 Å². The minimum absolute atomic E-state index is 0.0358. The minimum Gasteiger partial charge on any atom is -0.325 e. The van der Waals surface area contributed by atoms with Crippen LogP contribution in [0.3, 0.4) is 0 Å². The molecule has 0 spiro atoms. The van der Waals surface area contributed by atoms with Crippen LogP contribution in [0.25, 0.3) is 10.2 Å². The van der Waals surface area contributed by atoms with Crippen molar-refractivity contribution in [2.45, 2.75) is 51.2 Å². The second-order valence-electron chi connectivity index (χ2n) is 6.99. The Balaban J connectivity index is 1.59. The van der Waals surface area contributed by atoms with Gasteiger partial charge in [-0.3, -0.25) is 14.2 Å². The Kier molecular flexibility index (Phi) is 5.55. The molecule has 4 rings (SSSR count). The number of aryl methyl sites for hydroxylation is 3. The molecule has 28 heavy (non-hydrogen) atoms. The SMILES string of the molecule is CCn1c(SCC(=O)Nc2ccccc2C)nc2sc3c(c2c1=O)CCCC3. The summed E-state index contributed by atoms with van der Waals surface area (Å²) in [5, 5.41) is 4.36. The van der Waals surface area contributed by atoms with Gasteiger partial charge in [0.05, 0.1) is 11.1 Å². The Bertz CT molecular complexity index is 1100. The maximum atomic E-state index is 13.1. The lowest BCUT2D eigenvalue weighted by Gasteiger charge is -2.12. The summed E-state index contributed by atoms with van der Waals surface area (Å²) >= 11 is 2.97. The van der Waals surface area contributed by atoms with Crippen molar-refractivity contribution in [3.05, 3.63) is 50.6 Å². The second-order valence-corrected chi connectivity index (χ2v) is 9.01. The van der Waals surface area contributed by atoms with Gasteiger partial charge in [0.1, 0.15) is 4.83 Å². The Hall–Kier alpha value is -2.12. The zero-order valence-electron chi connectivity index (χ0n) is 16.1. The van der Waals surface area contributed by atoms with Crippen LogP contribution in [0.5, 0.6) is 0 Å². The van der Waals surface area contributed by atoms with Crippen LogP contribution in [0.1, 0.15) is 35.8 Å². The molecule has 0 aliphatic heterocycles. The summed E-state index contributed by atoms with van der Waals surface area (Å²) in [6, 6.07) is 7.70. The summed E-state index contributed by atoms with van der Waals surface area (Å²) in [6.45, 7) is 4.46. The van der Waals surface area contributed by atoms with Gasteiger partial charge in [-0.25, -0.2) is 4.98 Å². The first kappa shape index (κ1) is 19.2. The van der Waals surface area contributed by atoms with Crippen LogP contribution in [0.15, 0.2) is 34.2 Å². The Labute approximate surface area is 172 Å². The monoisotopic (exact) mass is 413 g/mol. The highest BCUT2D eigenvalue weighted by Crippen LogP contribution is 2.34. The molecule has 0 saturated heterocycles. The lowest BCUT2D eigenvalue weighted by Crippen LogP contribution is -2.24. The smallest absolute Gasteiger partial charge is 0.263 e. The summed E-state index contributed by atoms with van der Waals surface area (Å²) < 4.78 is 1.70. The van der Waals surface area contributed by atoms with E-state index in [9.17, 15) is 9.59 Å². The van der Waals surface area contributed by atoms with E-state index in [2.05, 4.69) is 5.32 Å². The number of fused-ring (bicyclic) bond motifs is 3. The number of hydrogen-bond acceptors (Lipinski definition) is 5. The van der Waals surface area contributed by atoms with E-state index in [1.165, 1.54) is 28.6 Å². The van der Waals surface area contributed by atoms with Crippen molar-refractivity contribution in [3.63, 3.8) is 0 Å². The molecule has 0 bridgehead atoms. The number of nitrogens with one attached hydrogen (secondary N) is 1. The number of hydrogen-bond donors (Lipinski definition) is 1. The summed E-state index contributed by atoms with van der Waals surface area (Å²) in [4.78, 5) is 32.4. The van der Waals surface area contributed by atoms with E-state index in [0.29, 0.717) is 11.7 Å². The number of amides is 1. The Morgan fingerprint density at radius 1 is 1.29 bits per heavy atom. The number of carbonyl (C=O) groups is 1. The first-order valence-corrected chi connectivity index (χ1v) is 11.4. The number of anilines is 1. The largest absolute Gasteiger partial charge is 0.325 e. The van der Waals surface area contributed by atoms with Crippen molar-refractivity contribution in [1.82, 2.24) is 9.55 Å². The third-order valence-electron chi connectivity index (χ3n) is 5.11. The van der Waals surface area contributed by atoms with Crippen LogP contribution in [0.2, 0.25) is 0 Å². The van der Waals surface area contributed by atoms with Crippen molar-refractivity contribution in [3.8, 4) is 0 Å². The molecule has 0 fully saturated rings. The fourth-order valence-corrected chi connectivity index (χ4v) is 5.80. The number of aromatic nitrogens is 2. The van der Waals surface area contributed by atoms with Crippen LogP contribution >= 0.6 is 23.1 Å². The van der Waals surface area contributed by atoms with Crippen molar-refractivity contribution < 1.29 is 4.79 Å². The van der Waals surface area contributed by atoms with Gasteiger partial charge < -0.3 is 5.32 Å². The van der Waals surface area contributed by atoms with Gasteiger partial charge in [0.15, 0.2) is 5.16 Å². The predicted molar refractivity (Wildman–Crippen MR) is 117 cm³/mol. The highest BCUT2D eigenvalue weighted by atomic mass is 32.2. The van der Waals surface area contributed by atoms with E-state index in [1.54, 1.807) is 15.9 Å². The number of rotatable bonds is 5. The van der Waals surface area contributed by atoms with Gasteiger partial charge in [-0.05, 0) is 56.7 Å². The second kappa shape index (κ2) is 8.09. The number of thiophene rings is 1. The third kappa shape index (κ3) is 3.61. The normalized spacial score (nSPS) is 13.5.